The van der Waals surface area contributed by atoms with Crippen LogP contribution in [0.4, 0.5) is 5.69 Å². The van der Waals surface area contributed by atoms with Crippen molar-refractivity contribution in [3.05, 3.63) is 29.8 Å². The molecule has 0 radical (unpaired) electrons. The Morgan fingerprint density at radius 3 is 2.62 bits per heavy atom. The third-order valence-electron chi connectivity index (χ3n) is 7.44. The van der Waals surface area contributed by atoms with Crippen molar-refractivity contribution in [2.75, 3.05) is 31.5 Å². The second-order valence-corrected chi connectivity index (χ2v) is 8.88. The summed E-state index contributed by atoms with van der Waals surface area (Å²) in [6.07, 6.45) is 2.77. The standard InChI is InChI=1S/C21H33N3/c1-15-18-12-17(21(15,2)3)13-20(18)23-19-7-5-4-6-16(19)14-24-10-8-22-9-11-24/h4-7,15,17-18,20,22-23H,8-14H2,1-3H3/t15-,17+,18+,20?/m0/s1. The molecule has 1 saturated heterocycles. The first kappa shape index (κ1) is 16.4. The van der Waals surface area contributed by atoms with Gasteiger partial charge in [-0.1, -0.05) is 39.0 Å². The molecule has 4 atom stereocenters. The molecule has 2 bridgehead atoms. The van der Waals surface area contributed by atoms with Crippen LogP contribution in [0.5, 0.6) is 0 Å². The first-order valence-electron chi connectivity index (χ1n) is 9.83. The maximum Gasteiger partial charge on any atom is 0.0388 e. The van der Waals surface area contributed by atoms with Crippen LogP contribution in [-0.4, -0.2) is 37.1 Å². The SMILES string of the molecule is C[C@H]1[C@H]2C[C@H](CC2Nc2ccccc2CN2CCNCC2)C1(C)C. The first-order chi connectivity index (χ1) is 11.6. The van der Waals surface area contributed by atoms with Gasteiger partial charge in [-0.3, -0.25) is 4.90 Å². The third-order valence-corrected chi connectivity index (χ3v) is 7.44. The maximum atomic E-state index is 3.96. The highest BCUT2D eigenvalue weighted by atomic mass is 15.2. The van der Waals surface area contributed by atoms with Crippen LogP contribution in [0.1, 0.15) is 39.2 Å². The van der Waals surface area contributed by atoms with Crippen LogP contribution < -0.4 is 10.6 Å². The number of hydrogen-bond donors (Lipinski definition) is 2. The van der Waals surface area contributed by atoms with E-state index in [1.54, 1.807) is 0 Å². The van der Waals surface area contributed by atoms with E-state index in [0.717, 1.165) is 50.5 Å². The summed E-state index contributed by atoms with van der Waals surface area (Å²) in [5, 5.41) is 7.40. The van der Waals surface area contributed by atoms with Gasteiger partial charge in [-0.25, -0.2) is 0 Å². The summed E-state index contributed by atoms with van der Waals surface area (Å²) < 4.78 is 0. The summed E-state index contributed by atoms with van der Waals surface area (Å²) in [7, 11) is 0. The molecule has 2 N–H and O–H groups in total. The number of rotatable bonds is 4. The van der Waals surface area contributed by atoms with E-state index < -0.39 is 0 Å². The zero-order valence-electron chi connectivity index (χ0n) is 15.5. The number of benzene rings is 1. The van der Waals surface area contributed by atoms with Crippen molar-refractivity contribution >= 4 is 5.69 Å². The summed E-state index contributed by atoms with van der Waals surface area (Å²) in [6.45, 7) is 13.1. The fourth-order valence-electron chi connectivity index (χ4n) is 5.43. The molecule has 1 heterocycles. The van der Waals surface area contributed by atoms with Gasteiger partial charge in [0.15, 0.2) is 0 Å². The van der Waals surface area contributed by atoms with Crippen molar-refractivity contribution in [2.45, 2.75) is 46.2 Å². The van der Waals surface area contributed by atoms with E-state index in [0.29, 0.717) is 11.5 Å². The Kier molecular flexibility index (Phi) is 4.34. The summed E-state index contributed by atoms with van der Waals surface area (Å²) in [5.41, 5.74) is 3.37. The van der Waals surface area contributed by atoms with Gasteiger partial charge in [0.25, 0.3) is 0 Å². The highest BCUT2D eigenvalue weighted by Gasteiger charge is 2.54. The molecule has 3 heteroatoms. The molecule has 2 aliphatic carbocycles. The summed E-state index contributed by atoms with van der Waals surface area (Å²) in [4.78, 5) is 2.57. The molecule has 2 saturated carbocycles. The normalized spacial score (nSPS) is 35.3. The lowest BCUT2D eigenvalue weighted by Gasteiger charge is -2.40. The molecule has 132 valence electrons. The Labute approximate surface area is 147 Å². The second-order valence-electron chi connectivity index (χ2n) is 8.88. The number of nitrogens with one attached hydrogen (secondary N) is 2. The van der Waals surface area contributed by atoms with Crippen LogP contribution >= 0.6 is 0 Å². The van der Waals surface area contributed by atoms with Crippen molar-refractivity contribution in [2.24, 2.45) is 23.2 Å². The lowest BCUT2D eigenvalue weighted by atomic mass is 9.68. The lowest BCUT2D eigenvalue weighted by Crippen LogP contribution is -2.43. The van der Waals surface area contributed by atoms with Gasteiger partial charge < -0.3 is 10.6 Å². The minimum Gasteiger partial charge on any atom is -0.382 e. The number of piperazine rings is 1. The minimum atomic E-state index is 0.531. The molecule has 0 aromatic heterocycles. The van der Waals surface area contributed by atoms with E-state index in [2.05, 4.69) is 60.6 Å². The Morgan fingerprint density at radius 1 is 1.17 bits per heavy atom. The predicted molar refractivity (Wildman–Crippen MR) is 101 cm³/mol. The van der Waals surface area contributed by atoms with Crippen LogP contribution in [0, 0.1) is 23.2 Å². The van der Waals surface area contributed by atoms with Crippen LogP contribution in [0.25, 0.3) is 0 Å². The Bertz CT molecular complexity index is 572. The Morgan fingerprint density at radius 2 is 1.92 bits per heavy atom. The number of anilines is 1. The van der Waals surface area contributed by atoms with Crippen LogP contribution in [-0.2, 0) is 6.54 Å². The number of nitrogens with zero attached hydrogens (tertiary/aromatic N) is 1. The summed E-state index contributed by atoms with van der Waals surface area (Å²) in [6, 6.07) is 9.64. The van der Waals surface area contributed by atoms with Crippen molar-refractivity contribution in [3.8, 4) is 0 Å². The van der Waals surface area contributed by atoms with Crippen LogP contribution in [0.2, 0.25) is 0 Å². The van der Waals surface area contributed by atoms with Gasteiger partial charge in [-0.15, -0.1) is 0 Å². The summed E-state index contributed by atoms with van der Waals surface area (Å²) in [5.74, 6) is 2.57. The average molecular weight is 328 g/mol. The molecule has 3 nitrogen and oxygen atoms in total. The highest BCUT2D eigenvalue weighted by molar-refractivity contribution is 5.52. The molecular formula is C21H33N3. The van der Waals surface area contributed by atoms with Crippen molar-refractivity contribution < 1.29 is 0 Å². The van der Waals surface area contributed by atoms with Crippen molar-refractivity contribution in [3.63, 3.8) is 0 Å². The van der Waals surface area contributed by atoms with Gasteiger partial charge in [-0.2, -0.15) is 0 Å². The molecule has 3 aliphatic rings. The minimum absolute atomic E-state index is 0.531. The average Bonchev–Trinajstić information content (AvgIpc) is 3.09. The van der Waals surface area contributed by atoms with Gasteiger partial charge in [0, 0.05) is 44.5 Å². The number of hydrogen-bond acceptors (Lipinski definition) is 3. The second kappa shape index (κ2) is 6.34. The Balaban J connectivity index is 1.46. The molecule has 24 heavy (non-hydrogen) atoms. The van der Waals surface area contributed by atoms with E-state index in [1.807, 2.05) is 0 Å². The smallest absolute Gasteiger partial charge is 0.0388 e. The first-order valence-corrected chi connectivity index (χ1v) is 9.83. The monoisotopic (exact) mass is 327 g/mol. The zero-order valence-corrected chi connectivity index (χ0v) is 15.5. The largest absolute Gasteiger partial charge is 0.382 e. The molecule has 0 spiro atoms. The van der Waals surface area contributed by atoms with E-state index in [9.17, 15) is 0 Å². The Hall–Kier alpha value is -1.06. The van der Waals surface area contributed by atoms with Gasteiger partial charge in [0.05, 0.1) is 0 Å². The molecule has 4 rings (SSSR count). The molecular weight excluding hydrogens is 294 g/mol. The topological polar surface area (TPSA) is 27.3 Å². The molecule has 1 unspecified atom stereocenters. The van der Waals surface area contributed by atoms with Gasteiger partial charge in [0.1, 0.15) is 0 Å². The van der Waals surface area contributed by atoms with Crippen LogP contribution in [0.15, 0.2) is 24.3 Å². The molecule has 1 aromatic carbocycles. The highest BCUT2D eigenvalue weighted by Crippen LogP contribution is 2.59. The molecule has 1 aromatic rings. The quantitative estimate of drug-likeness (QED) is 0.885. The number of para-hydroxylation sites is 1. The van der Waals surface area contributed by atoms with E-state index >= 15 is 0 Å². The van der Waals surface area contributed by atoms with Crippen molar-refractivity contribution in [1.82, 2.24) is 10.2 Å². The van der Waals surface area contributed by atoms with E-state index in [1.165, 1.54) is 24.1 Å². The van der Waals surface area contributed by atoms with E-state index in [-0.39, 0.29) is 0 Å². The molecule has 0 amide bonds. The lowest BCUT2D eigenvalue weighted by molar-refractivity contribution is 0.129. The predicted octanol–water partition coefficient (Wildman–Crippen LogP) is 3.57. The van der Waals surface area contributed by atoms with Gasteiger partial charge in [0.2, 0.25) is 0 Å². The number of fused-ring (bicyclic) bond motifs is 2. The maximum absolute atomic E-state index is 3.96. The van der Waals surface area contributed by atoms with Crippen LogP contribution in [0.3, 0.4) is 0 Å². The zero-order chi connectivity index (χ0) is 16.7. The van der Waals surface area contributed by atoms with Crippen molar-refractivity contribution in [1.29, 1.82) is 0 Å². The fraction of sp³-hybridized carbons (Fsp3) is 0.714. The summed E-state index contributed by atoms with van der Waals surface area (Å²) >= 11 is 0. The third kappa shape index (κ3) is 2.86. The fourth-order valence-corrected chi connectivity index (χ4v) is 5.43. The van der Waals surface area contributed by atoms with E-state index in [4.69, 9.17) is 0 Å². The van der Waals surface area contributed by atoms with Gasteiger partial charge >= 0.3 is 0 Å². The molecule has 3 fully saturated rings. The molecule has 1 aliphatic heterocycles. The van der Waals surface area contributed by atoms with Gasteiger partial charge in [-0.05, 0) is 47.6 Å².